The van der Waals surface area contributed by atoms with Crippen molar-refractivity contribution in [3.8, 4) is 56.4 Å². The lowest BCUT2D eigenvalue weighted by atomic mass is 9.67. The molecule has 4 aliphatic carbocycles. The zero-order valence-electron chi connectivity index (χ0n) is 51.9. The number of nitrogens with zero attached hydrogens (tertiary/aromatic N) is 2. The average molecular weight is 1210 g/mol. The van der Waals surface area contributed by atoms with Crippen molar-refractivity contribution in [2.45, 2.75) is 36.5 Å². The van der Waals surface area contributed by atoms with E-state index in [1.165, 1.54) is 89.0 Å². The second-order valence-electron chi connectivity index (χ2n) is 25.3. The summed E-state index contributed by atoms with van der Waals surface area (Å²) in [6.07, 6.45) is 4.52. The number of fused-ring (bicyclic) bond motifs is 8. The molecule has 0 spiro atoms. The molecule has 0 radical (unpaired) electrons. The Balaban J connectivity index is 0.694. The standard InChI is InChI=1S/C90H64N2O2/c1-5-17-67(18-6-1)89(69-39-51-77(52-40-69)93-79-49-37-63-29-31-65(63)57-79)85-27-15-13-25-81(85)83-55-47-75(59-87(83)89)91(71-21-9-3-10-22-71)73-43-33-61(34-44-73)62-35-45-74(46-36-62)92(72-23-11-4-12-24-72)76-48-56-84-82-26-14-16-28-86(82)90(88(84)60-76,68-19-7-2-8-20-68)70-41-53-78(54-42-70)94-80-50-38-64-30-32-66(64)58-80/h1-28,33-60H,29-32H2. The van der Waals surface area contributed by atoms with Crippen LogP contribution in [-0.2, 0) is 36.5 Å². The first-order valence-electron chi connectivity index (χ1n) is 32.9. The molecule has 446 valence electrons. The Morgan fingerprint density at radius 1 is 0.213 bits per heavy atom. The predicted molar refractivity (Wildman–Crippen MR) is 384 cm³/mol. The van der Waals surface area contributed by atoms with Gasteiger partial charge in [-0.1, -0.05) is 218 Å². The van der Waals surface area contributed by atoms with E-state index in [0.717, 1.165) is 93.9 Å². The van der Waals surface area contributed by atoms with Crippen molar-refractivity contribution >= 4 is 34.1 Å². The molecule has 4 aliphatic rings. The van der Waals surface area contributed by atoms with Crippen LogP contribution in [-0.4, -0.2) is 0 Å². The molecule has 0 amide bonds. The lowest BCUT2D eigenvalue weighted by molar-refractivity contribution is 0.480. The van der Waals surface area contributed by atoms with Crippen LogP contribution in [0.4, 0.5) is 34.1 Å². The number of para-hydroxylation sites is 2. The van der Waals surface area contributed by atoms with Gasteiger partial charge in [-0.25, -0.2) is 0 Å². The van der Waals surface area contributed by atoms with E-state index in [9.17, 15) is 0 Å². The van der Waals surface area contributed by atoms with E-state index in [0.29, 0.717) is 0 Å². The molecule has 2 unspecified atom stereocenters. The fourth-order valence-electron chi connectivity index (χ4n) is 15.7. The topological polar surface area (TPSA) is 24.9 Å². The molecular weight excluding hydrogens is 1140 g/mol. The van der Waals surface area contributed by atoms with Crippen LogP contribution in [0.2, 0.25) is 0 Å². The number of ether oxygens (including phenoxy) is 2. The summed E-state index contributed by atoms with van der Waals surface area (Å²) in [5.74, 6) is 3.41. The summed E-state index contributed by atoms with van der Waals surface area (Å²) in [7, 11) is 0. The minimum absolute atomic E-state index is 0.614. The van der Waals surface area contributed by atoms with E-state index < -0.39 is 10.8 Å². The Hall–Kier alpha value is -11.7. The second-order valence-corrected chi connectivity index (χ2v) is 25.3. The Bertz CT molecular complexity index is 4840. The van der Waals surface area contributed by atoms with E-state index in [1.54, 1.807) is 0 Å². The highest BCUT2D eigenvalue weighted by Gasteiger charge is 2.48. The van der Waals surface area contributed by atoms with Gasteiger partial charge in [0, 0.05) is 34.1 Å². The van der Waals surface area contributed by atoms with Crippen LogP contribution in [0.15, 0.2) is 340 Å². The first-order valence-corrected chi connectivity index (χ1v) is 32.9. The lowest BCUT2D eigenvalue weighted by Gasteiger charge is -2.35. The average Bonchev–Trinajstić information content (AvgIpc) is 1.53. The first kappa shape index (κ1) is 55.1. The monoisotopic (exact) mass is 1200 g/mol. The van der Waals surface area contributed by atoms with Gasteiger partial charge < -0.3 is 19.3 Å². The highest BCUT2D eigenvalue weighted by Crippen LogP contribution is 2.60. The molecule has 2 atom stereocenters. The van der Waals surface area contributed by atoms with Gasteiger partial charge >= 0.3 is 0 Å². The third-order valence-electron chi connectivity index (χ3n) is 20.3. The Morgan fingerprint density at radius 3 is 0.894 bits per heavy atom. The van der Waals surface area contributed by atoms with Crippen molar-refractivity contribution in [2.24, 2.45) is 0 Å². The predicted octanol–water partition coefficient (Wildman–Crippen LogP) is 22.8. The van der Waals surface area contributed by atoms with Crippen molar-refractivity contribution in [3.05, 3.63) is 406 Å². The molecule has 0 aliphatic heterocycles. The SMILES string of the molecule is c1ccc(N(c2ccc(-c3ccc(N(c4ccccc4)c4ccc5c(c4)C(c4ccccc4)(c4ccc(Oc6ccc7c(c6)CC7)cc4)c4ccccc4-5)cc3)cc2)c2ccc3c(c2)C(c2ccccc2)(c2ccc(Oc4ccc5c(c4)CC5)cc2)c2ccccc2-3)cc1. The summed E-state index contributed by atoms with van der Waals surface area (Å²) in [4.78, 5) is 4.80. The Labute approximate surface area is 549 Å². The number of rotatable bonds is 15. The van der Waals surface area contributed by atoms with Crippen LogP contribution >= 0.6 is 0 Å². The Kier molecular flexibility index (Phi) is 13.3. The molecule has 0 saturated carbocycles. The van der Waals surface area contributed by atoms with Crippen molar-refractivity contribution < 1.29 is 9.47 Å². The molecule has 4 nitrogen and oxygen atoms in total. The number of benzene rings is 14. The quantitative estimate of drug-likeness (QED) is 0.102. The van der Waals surface area contributed by atoms with E-state index >= 15 is 0 Å². The van der Waals surface area contributed by atoms with Gasteiger partial charge in [-0.05, 0) is 247 Å². The minimum Gasteiger partial charge on any atom is -0.457 e. The number of hydrogen-bond donors (Lipinski definition) is 0. The van der Waals surface area contributed by atoms with Gasteiger partial charge in [-0.2, -0.15) is 0 Å². The molecule has 0 aromatic heterocycles. The summed E-state index contributed by atoms with van der Waals surface area (Å²) in [6, 6.07) is 125. The summed E-state index contributed by atoms with van der Waals surface area (Å²) >= 11 is 0. The summed E-state index contributed by atoms with van der Waals surface area (Å²) < 4.78 is 13.1. The molecule has 0 saturated heterocycles. The van der Waals surface area contributed by atoms with Crippen LogP contribution in [0.25, 0.3) is 33.4 Å². The third kappa shape index (κ3) is 9.04. The van der Waals surface area contributed by atoms with Crippen molar-refractivity contribution in [3.63, 3.8) is 0 Å². The largest absolute Gasteiger partial charge is 0.457 e. The maximum absolute atomic E-state index is 6.53. The van der Waals surface area contributed by atoms with Gasteiger partial charge in [-0.3, -0.25) is 0 Å². The van der Waals surface area contributed by atoms with Crippen LogP contribution in [0.3, 0.4) is 0 Å². The van der Waals surface area contributed by atoms with Crippen molar-refractivity contribution in [1.82, 2.24) is 0 Å². The van der Waals surface area contributed by atoms with Gasteiger partial charge in [0.15, 0.2) is 0 Å². The molecule has 0 fully saturated rings. The molecule has 14 aromatic rings. The van der Waals surface area contributed by atoms with E-state index in [1.807, 2.05) is 0 Å². The molecule has 18 rings (SSSR count). The van der Waals surface area contributed by atoms with Gasteiger partial charge in [0.05, 0.1) is 10.8 Å². The van der Waals surface area contributed by atoms with Gasteiger partial charge in [-0.15, -0.1) is 0 Å². The van der Waals surface area contributed by atoms with Gasteiger partial charge in [0.25, 0.3) is 0 Å². The smallest absolute Gasteiger partial charge is 0.127 e. The molecule has 4 heteroatoms. The first-order chi connectivity index (χ1) is 46.5. The summed E-state index contributed by atoms with van der Waals surface area (Å²) in [5, 5.41) is 0. The van der Waals surface area contributed by atoms with Gasteiger partial charge in [0.2, 0.25) is 0 Å². The number of anilines is 6. The molecule has 14 aromatic carbocycles. The highest BCUT2D eigenvalue weighted by atomic mass is 16.5. The zero-order chi connectivity index (χ0) is 62.2. The van der Waals surface area contributed by atoms with E-state index in [4.69, 9.17) is 9.47 Å². The third-order valence-corrected chi connectivity index (χ3v) is 20.3. The lowest BCUT2D eigenvalue weighted by Crippen LogP contribution is -2.28. The van der Waals surface area contributed by atoms with Crippen molar-refractivity contribution in [1.29, 1.82) is 0 Å². The molecule has 0 heterocycles. The number of hydrogen-bond acceptors (Lipinski definition) is 4. The zero-order valence-corrected chi connectivity index (χ0v) is 51.9. The van der Waals surface area contributed by atoms with E-state index in [2.05, 4.69) is 350 Å². The maximum atomic E-state index is 6.53. The normalized spacial score (nSPS) is 15.8. The van der Waals surface area contributed by atoms with Crippen LogP contribution in [0, 0.1) is 0 Å². The fraction of sp³-hybridized carbons (Fsp3) is 0.0667. The van der Waals surface area contributed by atoms with Crippen LogP contribution in [0.5, 0.6) is 23.0 Å². The minimum atomic E-state index is -0.614. The maximum Gasteiger partial charge on any atom is 0.127 e. The number of aryl methyl sites for hydroxylation is 4. The highest BCUT2D eigenvalue weighted by molar-refractivity contribution is 5.92. The second kappa shape index (κ2) is 22.6. The summed E-state index contributed by atoms with van der Waals surface area (Å²) in [6.45, 7) is 0. The van der Waals surface area contributed by atoms with Crippen LogP contribution in [0.1, 0.15) is 66.8 Å². The molecule has 0 N–H and O–H groups in total. The van der Waals surface area contributed by atoms with Crippen LogP contribution < -0.4 is 19.3 Å². The molecule has 0 bridgehead atoms. The summed E-state index contributed by atoms with van der Waals surface area (Å²) in [5.41, 5.74) is 27.8. The van der Waals surface area contributed by atoms with Gasteiger partial charge in [0.1, 0.15) is 23.0 Å². The fourth-order valence-corrected chi connectivity index (χ4v) is 15.7. The van der Waals surface area contributed by atoms with Crippen molar-refractivity contribution in [2.75, 3.05) is 9.80 Å². The molecular formula is C90H64N2O2. The van der Waals surface area contributed by atoms with E-state index in [-0.39, 0.29) is 0 Å². The molecule has 94 heavy (non-hydrogen) atoms. The Morgan fingerprint density at radius 2 is 0.521 bits per heavy atom.